The Hall–Kier alpha value is -2.38. The Bertz CT molecular complexity index is 1060. The number of sulfonamides is 1. The number of rotatable bonds is 7. The van der Waals surface area contributed by atoms with Crippen LogP contribution in [0, 0.1) is 5.92 Å². The Balaban J connectivity index is 1.67. The maximum atomic E-state index is 12.9. The summed E-state index contributed by atoms with van der Waals surface area (Å²) < 4.78 is 28.7. The molecule has 7 heteroatoms. The predicted molar refractivity (Wildman–Crippen MR) is 135 cm³/mol. The summed E-state index contributed by atoms with van der Waals surface area (Å²) in [5.74, 6) is 0.177. The van der Waals surface area contributed by atoms with Crippen LogP contribution < -0.4 is 9.62 Å². The molecule has 0 heterocycles. The maximum Gasteiger partial charge on any atom is 0.412 e. The van der Waals surface area contributed by atoms with Crippen molar-refractivity contribution in [1.29, 1.82) is 0 Å². The molecule has 0 bridgehead atoms. The molecule has 0 aliphatic heterocycles. The van der Waals surface area contributed by atoms with Gasteiger partial charge in [-0.15, -0.1) is 0 Å². The van der Waals surface area contributed by atoms with E-state index in [-0.39, 0.29) is 16.9 Å². The molecule has 2 aliphatic carbocycles. The fourth-order valence-electron chi connectivity index (χ4n) is 5.85. The van der Waals surface area contributed by atoms with Crippen LogP contribution >= 0.6 is 0 Å². The highest BCUT2D eigenvalue weighted by atomic mass is 32.2. The molecule has 2 aromatic carbocycles. The van der Waals surface area contributed by atoms with Gasteiger partial charge in [0.15, 0.2) is 0 Å². The Morgan fingerprint density at radius 2 is 1.44 bits per heavy atom. The quantitative estimate of drug-likeness (QED) is 0.484. The second-order valence-corrected chi connectivity index (χ2v) is 11.6. The van der Waals surface area contributed by atoms with E-state index in [1.54, 1.807) is 12.1 Å². The average molecular weight is 485 g/mol. The van der Waals surface area contributed by atoms with E-state index < -0.39 is 21.7 Å². The summed E-state index contributed by atoms with van der Waals surface area (Å²) >= 11 is 0. The van der Waals surface area contributed by atoms with Crippen molar-refractivity contribution in [3.63, 3.8) is 0 Å². The van der Waals surface area contributed by atoms with Gasteiger partial charge in [0.05, 0.1) is 10.4 Å². The molecular weight excluding hydrogens is 448 g/mol. The van der Waals surface area contributed by atoms with Gasteiger partial charge in [-0.25, -0.2) is 17.9 Å². The minimum Gasteiger partial charge on any atom is -0.465 e. The Morgan fingerprint density at radius 3 is 2.00 bits per heavy atom. The topological polar surface area (TPSA) is 86.7 Å². The van der Waals surface area contributed by atoms with E-state index in [9.17, 15) is 18.3 Å². The Morgan fingerprint density at radius 1 is 0.882 bits per heavy atom. The minimum absolute atomic E-state index is 0.0263. The van der Waals surface area contributed by atoms with E-state index >= 15 is 0 Å². The molecule has 6 nitrogen and oxygen atoms in total. The molecule has 2 saturated carbocycles. The molecule has 2 fully saturated rings. The van der Waals surface area contributed by atoms with Crippen LogP contribution in [0.4, 0.5) is 10.5 Å². The zero-order valence-corrected chi connectivity index (χ0v) is 20.8. The van der Waals surface area contributed by atoms with Crippen molar-refractivity contribution in [2.24, 2.45) is 5.92 Å². The molecule has 2 aliphatic rings. The van der Waals surface area contributed by atoms with Gasteiger partial charge < -0.3 is 5.11 Å². The second-order valence-electron chi connectivity index (χ2n) is 9.92. The number of amides is 1. The number of anilines is 1. The van der Waals surface area contributed by atoms with E-state index in [2.05, 4.69) is 4.72 Å². The van der Waals surface area contributed by atoms with Crippen LogP contribution in [0.1, 0.15) is 76.7 Å². The first kappa shape index (κ1) is 24.7. The predicted octanol–water partition coefficient (Wildman–Crippen LogP) is 6.28. The van der Waals surface area contributed by atoms with Crippen molar-refractivity contribution in [2.45, 2.75) is 87.6 Å². The van der Waals surface area contributed by atoms with Gasteiger partial charge >= 0.3 is 6.09 Å². The van der Waals surface area contributed by atoms with Crippen LogP contribution in [0.3, 0.4) is 0 Å². The molecule has 0 aromatic heterocycles. The highest BCUT2D eigenvalue weighted by molar-refractivity contribution is 7.89. The lowest BCUT2D eigenvalue weighted by molar-refractivity contribution is 0.167. The Kier molecular flexibility index (Phi) is 7.63. The molecule has 0 saturated heterocycles. The van der Waals surface area contributed by atoms with Gasteiger partial charge in [-0.3, -0.25) is 4.90 Å². The number of hydrogen-bond donors (Lipinski definition) is 2. The first-order valence-corrected chi connectivity index (χ1v) is 14.0. The van der Waals surface area contributed by atoms with Crippen molar-refractivity contribution in [3.8, 4) is 0 Å². The normalized spacial score (nSPS) is 19.9. The van der Waals surface area contributed by atoms with E-state index in [0.29, 0.717) is 5.69 Å². The van der Waals surface area contributed by atoms with Crippen LogP contribution in [0.25, 0.3) is 0 Å². The fraction of sp³-hybridized carbons (Fsp3) is 0.519. The molecule has 1 atom stereocenters. The molecular formula is C27H36N2O4S. The molecule has 2 aromatic rings. The lowest BCUT2D eigenvalue weighted by atomic mass is 9.71. The number of benzene rings is 2. The number of nitrogens with zero attached hydrogens (tertiary/aromatic N) is 1. The number of nitrogens with one attached hydrogen (secondary N) is 1. The van der Waals surface area contributed by atoms with Gasteiger partial charge in [0.25, 0.3) is 0 Å². The van der Waals surface area contributed by atoms with Crippen LogP contribution in [0.2, 0.25) is 0 Å². The first-order valence-electron chi connectivity index (χ1n) is 12.5. The second kappa shape index (κ2) is 10.5. The summed E-state index contributed by atoms with van der Waals surface area (Å²) in [7, 11) is -3.65. The molecule has 2 N–H and O–H groups in total. The largest absolute Gasteiger partial charge is 0.465 e. The van der Waals surface area contributed by atoms with Crippen LogP contribution in [-0.4, -0.2) is 25.7 Å². The van der Waals surface area contributed by atoms with Crippen molar-refractivity contribution in [2.75, 3.05) is 4.90 Å². The van der Waals surface area contributed by atoms with Crippen LogP contribution in [0.5, 0.6) is 0 Å². The van der Waals surface area contributed by atoms with Crippen molar-refractivity contribution in [3.05, 3.63) is 60.2 Å². The SMILES string of the molecule is CC(c1ccccc1)(C1CCCCC1)N(C(=O)O)c1ccc(S(=O)(=O)NC2CCCCC2)cc1. The van der Waals surface area contributed by atoms with Gasteiger partial charge in [-0.2, -0.15) is 0 Å². The van der Waals surface area contributed by atoms with E-state index in [1.807, 2.05) is 37.3 Å². The van der Waals surface area contributed by atoms with Crippen molar-refractivity contribution in [1.82, 2.24) is 4.72 Å². The van der Waals surface area contributed by atoms with Gasteiger partial charge in [-0.05, 0) is 68.4 Å². The fourth-order valence-corrected chi connectivity index (χ4v) is 7.15. The summed E-state index contributed by atoms with van der Waals surface area (Å²) in [6, 6.07) is 16.1. The van der Waals surface area contributed by atoms with E-state index in [0.717, 1.165) is 63.4 Å². The standard InChI is InChI=1S/C27H36N2O4S/c1-27(21-11-5-2-6-12-21,22-13-7-3-8-14-22)29(26(30)31)24-17-19-25(20-18-24)34(32,33)28-23-15-9-4-10-16-23/h2,5-6,11-12,17-20,22-23,28H,3-4,7-10,13-16H2,1H3,(H,30,31). The third-order valence-electron chi connectivity index (χ3n) is 7.75. The van der Waals surface area contributed by atoms with Crippen LogP contribution in [-0.2, 0) is 15.6 Å². The monoisotopic (exact) mass is 484 g/mol. The van der Waals surface area contributed by atoms with Gasteiger partial charge in [0, 0.05) is 11.7 Å². The van der Waals surface area contributed by atoms with Crippen molar-refractivity contribution < 1.29 is 18.3 Å². The number of hydrogen-bond acceptors (Lipinski definition) is 3. The molecule has 0 radical (unpaired) electrons. The summed E-state index contributed by atoms with van der Waals surface area (Å²) in [5, 5.41) is 10.4. The highest BCUT2D eigenvalue weighted by Gasteiger charge is 2.45. The van der Waals surface area contributed by atoms with Crippen molar-refractivity contribution >= 4 is 21.8 Å². The smallest absolute Gasteiger partial charge is 0.412 e. The number of carboxylic acid groups (broad SMARTS) is 1. The third-order valence-corrected chi connectivity index (χ3v) is 9.28. The third kappa shape index (κ3) is 5.15. The molecule has 1 unspecified atom stereocenters. The summed E-state index contributed by atoms with van der Waals surface area (Å²) in [5.41, 5.74) is 0.690. The first-order chi connectivity index (χ1) is 16.3. The van der Waals surface area contributed by atoms with E-state index in [4.69, 9.17) is 0 Å². The maximum absolute atomic E-state index is 12.9. The zero-order chi connectivity index (χ0) is 24.2. The molecule has 4 rings (SSSR count). The summed E-state index contributed by atoms with van der Waals surface area (Å²) in [6.07, 6.45) is 9.20. The molecule has 1 amide bonds. The highest BCUT2D eigenvalue weighted by Crippen LogP contribution is 2.45. The number of carbonyl (C=O) groups is 1. The Labute approximate surface area is 203 Å². The molecule has 34 heavy (non-hydrogen) atoms. The minimum atomic E-state index is -3.65. The van der Waals surface area contributed by atoms with Crippen LogP contribution in [0.15, 0.2) is 59.5 Å². The zero-order valence-electron chi connectivity index (χ0n) is 19.9. The average Bonchev–Trinajstić information content (AvgIpc) is 2.85. The molecule has 184 valence electrons. The lowest BCUT2D eigenvalue weighted by Gasteiger charge is -2.47. The lowest BCUT2D eigenvalue weighted by Crippen LogP contribution is -2.52. The van der Waals surface area contributed by atoms with Gasteiger partial charge in [-0.1, -0.05) is 68.9 Å². The molecule has 0 spiro atoms. The van der Waals surface area contributed by atoms with Gasteiger partial charge in [0.2, 0.25) is 10.0 Å². The summed E-state index contributed by atoms with van der Waals surface area (Å²) in [6.45, 7) is 2.02. The summed E-state index contributed by atoms with van der Waals surface area (Å²) in [4.78, 5) is 14.3. The van der Waals surface area contributed by atoms with Gasteiger partial charge in [0.1, 0.15) is 0 Å². The van der Waals surface area contributed by atoms with E-state index in [1.165, 1.54) is 23.5 Å².